The van der Waals surface area contributed by atoms with Crippen molar-refractivity contribution in [2.75, 3.05) is 0 Å². The monoisotopic (exact) mass is 271 g/mol. The quantitative estimate of drug-likeness (QED) is 0.666. The summed E-state index contributed by atoms with van der Waals surface area (Å²) < 4.78 is 0. The highest BCUT2D eigenvalue weighted by Gasteiger charge is 2.09. The molecule has 5 nitrogen and oxygen atoms in total. The first kappa shape index (κ1) is 13.8. The zero-order chi connectivity index (χ0) is 15.2. The average Bonchev–Trinajstić information content (AvgIpc) is 2.53. The Morgan fingerprint density at radius 3 is 2.43 bits per heavy atom. The third-order valence-electron chi connectivity index (χ3n) is 2.89. The second-order valence-corrected chi connectivity index (χ2v) is 4.10. The minimum atomic E-state index is -0.277. The maximum absolute atomic E-state index is 9.20. The number of aromatic nitrogens is 1. The molecule has 0 bridgehead atoms. The van der Waals surface area contributed by atoms with Crippen LogP contribution in [0.2, 0.25) is 0 Å². The van der Waals surface area contributed by atoms with E-state index in [9.17, 15) is 5.26 Å². The molecule has 2 aromatic rings. The predicted molar refractivity (Wildman–Crippen MR) is 77.8 cm³/mol. The molecule has 98 valence electrons. The third kappa shape index (κ3) is 2.71. The largest absolute Gasteiger partial charge is 0.396 e. The Morgan fingerprint density at radius 1 is 1.05 bits per heavy atom. The second-order valence-electron chi connectivity index (χ2n) is 4.10. The van der Waals surface area contributed by atoms with Gasteiger partial charge in [0.2, 0.25) is 0 Å². The van der Waals surface area contributed by atoms with Crippen LogP contribution in [0.25, 0.3) is 17.0 Å². The standard InChI is InChI=1S/C16H9N5/c17-8-12(16(20)13(9-18)10-19)7-11-5-6-21-15-4-2-1-3-14(11)15/h1-7H,20H2/b12-7-. The van der Waals surface area contributed by atoms with Crippen LogP contribution in [0.1, 0.15) is 5.56 Å². The van der Waals surface area contributed by atoms with Gasteiger partial charge in [0.25, 0.3) is 0 Å². The van der Waals surface area contributed by atoms with Crippen LogP contribution in [0, 0.1) is 34.0 Å². The first-order chi connectivity index (χ1) is 10.2. The molecule has 0 radical (unpaired) electrons. The van der Waals surface area contributed by atoms with Crippen molar-refractivity contribution in [1.82, 2.24) is 4.98 Å². The van der Waals surface area contributed by atoms with Crippen molar-refractivity contribution in [3.05, 3.63) is 58.9 Å². The summed E-state index contributed by atoms with van der Waals surface area (Å²) in [5, 5.41) is 27.7. The van der Waals surface area contributed by atoms with E-state index in [0.717, 1.165) is 16.5 Å². The van der Waals surface area contributed by atoms with Gasteiger partial charge in [-0.05, 0) is 23.8 Å². The number of hydrogen-bond acceptors (Lipinski definition) is 5. The van der Waals surface area contributed by atoms with E-state index in [4.69, 9.17) is 16.3 Å². The van der Waals surface area contributed by atoms with Crippen LogP contribution >= 0.6 is 0 Å². The van der Waals surface area contributed by atoms with Gasteiger partial charge in [0.1, 0.15) is 18.2 Å². The molecule has 2 N–H and O–H groups in total. The van der Waals surface area contributed by atoms with Gasteiger partial charge in [-0.3, -0.25) is 4.98 Å². The van der Waals surface area contributed by atoms with Crippen molar-refractivity contribution in [2.24, 2.45) is 5.73 Å². The zero-order valence-corrected chi connectivity index (χ0v) is 10.9. The number of allylic oxidation sites excluding steroid dienone is 2. The molecule has 0 fully saturated rings. The molecule has 0 spiro atoms. The Hall–Kier alpha value is -3.62. The molecular formula is C16H9N5. The molecule has 21 heavy (non-hydrogen) atoms. The van der Waals surface area contributed by atoms with Gasteiger partial charge >= 0.3 is 0 Å². The van der Waals surface area contributed by atoms with Crippen LogP contribution in [-0.2, 0) is 0 Å². The molecule has 1 aromatic heterocycles. The van der Waals surface area contributed by atoms with E-state index in [1.165, 1.54) is 0 Å². The molecule has 1 heterocycles. The van der Waals surface area contributed by atoms with E-state index >= 15 is 0 Å². The van der Waals surface area contributed by atoms with Crippen molar-refractivity contribution in [3.63, 3.8) is 0 Å². The normalized spacial score (nSPS) is 10.2. The summed E-state index contributed by atoms with van der Waals surface area (Å²) in [6, 6.07) is 14.5. The van der Waals surface area contributed by atoms with Gasteiger partial charge < -0.3 is 5.73 Å². The number of nitrogens with zero attached hydrogens (tertiary/aromatic N) is 4. The van der Waals surface area contributed by atoms with Gasteiger partial charge in [-0.25, -0.2) is 0 Å². The van der Waals surface area contributed by atoms with E-state index in [1.54, 1.807) is 30.5 Å². The first-order valence-corrected chi connectivity index (χ1v) is 5.97. The topological polar surface area (TPSA) is 110 Å². The molecule has 0 atom stereocenters. The Labute approximate surface area is 121 Å². The summed E-state index contributed by atoms with van der Waals surface area (Å²) in [5.74, 6) is 0. The lowest BCUT2D eigenvalue weighted by molar-refractivity contribution is 1.31. The van der Waals surface area contributed by atoms with Gasteiger partial charge in [0.15, 0.2) is 5.57 Å². The van der Waals surface area contributed by atoms with Crippen molar-refractivity contribution >= 4 is 17.0 Å². The lowest BCUT2D eigenvalue weighted by Crippen LogP contribution is -2.03. The Balaban J connectivity index is 2.66. The molecular weight excluding hydrogens is 262 g/mol. The predicted octanol–water partition coefficient (Wildman–Crippen LogP) is 2.40. The smallest absolute Gasteiger partial charge is 0.153 e. The first-order valence-electron chi connectivity index (χ1n) is 5.97. The molecule has 0 aliphatic rings. The van der Waals surface area contributed by atoms with Gasteiger partial charge in [-0.1, -0.05) is 18.2 Å². The SMILES string of the molecule is N#CC(C#N)=C(N)/C(C#N)=C\c1ccnc2ccccc12. The second kappa shape index (κ2) is 6.02. The lowest BCUT2D eigenvalue weighted by atomic mass is 10.0. The van der Waals surface area contributed by atoms with Crippen LogP contribution < -0.4 is 5.73 Å². The van der Waals surface area contributed by atoms with E-state index in [2.05, 4.69) is 4.98 Å². The fourth-order valence-corrected chi connectivity index (χ4v) is 1.85. The van der Waals surface area contributed by atoms with Crippen LogP contribution in [0.3, 0.4) is 0 Å². The number of rotatable bonds is 2. The number of para-hydroxylation sites is 1. The fraction of sp³-hybridized carbons (Fsp3) is 0. The number of nitrogens with two attached hydrogens (primary N) is 1. The average molecular weight is 271 g/mol. The number of benzene rings is 1. The summed E-state index contributed by atoms with van der Waals surface area (Å²) in [5.41, 5.74) is 6.92. The molecule has 5 heteroatoms. The number of fused-ring (bicyclic) bond motifs is 1. The lowest BCUT2D eigenvalue weighted by Gasteiger charge is -2.03. The van der Waals surface area contributed by atoms with E-state index in [1.807, 2.05) is 30.3 Å². The van der Waals surface area contributed by atoms with Gasteiger partial charge in [-0.15, -0.1) is 0 Å². The van der Waals surface area contributed by atoms with Crippen molar-refractivity contribution in [1.29, 1.82) is 15.8 Å². The molecule has 0 unspecified atom stereocenters. The summed E-state index contributed by atoms with van der Waals surface area (Å²) in [4.78, 5) is 4.23. The summed E-state index contributed by atoms with van der Waals surface area (Å²) in [7, 11) is 0. The Morgan fingerprint density at radius 2 is 1.76 bits per heavy atom. The van der Waals surface area contributed by atoms with Crippen LogP contribution in [-0.4, -0.2) is 4.98 Å². The molecule has 1 aromatic carbocycles. The highest BCUT2D eigenvalue weighted by Crippen LogP contribution is 2.20. The summed E-state index contributed by atoms with van der Waals surface area (Å²) >= 11 is 0. The summed E-state index contributed by atoms with van der Waals surface area (Å²) in [6.07, 6.45) is 3.17. The molecule has 2 rings (SSSR count). The van der Waals surface area contributed by atoms with Crippen molar-refractivity contribution < 1.29 is 0 Å². The molecule has 0 amide bonds. The van der Waals surface area contributed by atoms with Gasteiger partial charge in [0, 0.05) is 11.6 Å². The van der Waals surface area contributed by atoms with E-state index < -0.39 is 0 Å². The van der Waals surface area contributed by atoms with Crippen molar-refractivity contribution in [2.45, 2.75) is 0 Å². The third-order valence-corrected chi connectivity index (χ3v) is 2.89. The molecule has 0 aliphatic heterocycles. The highest BCUT2D eigenvalue weighted by atomic mass is 14.6. The molecule has 0 saturated carbocycles. The number of hydrogen-bond donors (Lipinski definition) is 1. The van der Waals surface area contributed by atoms with Crippen molar-refractivity contribution in [3.8, 4) is 18.2 Å². The maximum Gasteiger partial charge on any atom is 0.153 e. The van der Waals surface area contributed by atoms with Crippen LogP contribution in [0.5, 0.6) is 0 Å². The zero-order valence-electron chi connectivity index (χ0n) is 10.9. The fourth-order valence-electron chi connectivity index (χ4n) is 1.85. The van der Waals surface area contributed by atoms with Gasteiger partial charge in [-0.2, -0.15) is 15.8 Å². The molecule has 0 aliphatic carbocycles. The highest BCUT2D eigenvalue weighted by molar-refractivity contribution is 5.89. The number of nitriles is 3. The Kier molecular flexibility index (Phi) is 3.95. The molecule has 0 saturated heterocycles. The minimum Gasteiger partial charge on any atom is -0.396 e. The van der Waals surface area contributed by atoms with E-state index in [0.29, 0.717) is 0 Å². The van der Waals surface area contributed by atoms with E-state index in [-0.39, 0.29) is 16.8 Å². The minimum absolute atomic E-state index is 0.0736. The number of pyridine rings is 1. The summed E-state index contributed by atoms with van der Waals surface area (Å²) in [6.45, 7) is 0. The maximum atomic E-state index is 9.20. The van der Waals surface area contributed by atoms with Gasteiger partial charge in [0.05, 0.1) is 16.8 Å². The Bertz CT molecular complexity index is 864. The van der Waals surface area contributed by atoms with Crippen LogP contribution in [0.15, 0.2) is 53.4 Å². The van der Waals surface area contributed by atoms with Crippen LogP contribution in [0.4, 0.5) is 0 Å².